The summed E-state index contributed by atoms with van der Waals surface area (Å²) in [6.07, 6.45) is 0.590. The van der Waals surface area contributed by atoms with Gasteiger partial charge in [-0.15, -0.1) is 4.28 Å². The Balaban J connectivity index is 1.52. The van der Waals surface area contributed by atoms with Crippen LogP contribution in [0.5, 0.6) is 0 Å². The summed E-state index contributed by atoms with van der Waals surface area (Å²) >= 11 is 0. The van der Waals surface area contributed by atoms with E-state index < -0.39 is 46.6 Å². The number of hydrogen-bond acceptors (Lipinski definition) is 8. The summed E-state index contributed by atoms with van der Waals surface area (Å²) in [6.45, 7) is 0.479. The summed E-state index contributed by atoms with van der Waals surface area (Å²) in [6, 6.07) is -2.64. The normalized spacial score (nSPS) is 29.9. The lowest BCUT2D eigenvalue weighted by molar-refractivity contribution is -0.143. The topological polar surface area (TPSA) is 158 Å². The Morgan fingerprint density at radius 1 is 1.32 bits per heavy atom. The van der Waals surface area contributed by atoms with Crippen molar-refractivity contribution in [2.45, 2.75) is 43.5 Å². The van der Waals surface area contributed by atoms with Crippen LogP contribution in [0.25, 0.3) is 0 Å². The molecule has 3 fully saturated rings. The zero-order valence-electron chi connectivity index (χ0n) is 15.4. The molecule has 2 bridgehead atoms. The highest BCUT2D eigenvalue weighted by Crippen LogP contribution is 2.30. The third-order valence-electron chi connectivity index (χ3n) is 4.96. The van der Waals surface area contributed by atoms with Gasteiger partial charge in [0.25, 0.3) is 5.91 Å². The largest absolute Gasteiger partial charge is 0.418 e. The molecule has 0 radical (unpaired) electrons. The summed E-state index contributed by atoms with van der Waals surface area (Å²) in [7, 11) is -1.54. The average molecular weight is 421 g/mol. The van der Waals surface area contributed by atoms with Gasteiger partial charge in [-0.25, -0.2) is 10.3 Å². The molecular formula is C14H23N5O8S. The van der Waals surface area contributed by atoms with Crippen LogP contribution in [-0.4, -0.2) is 97.1 Å². The number of nitrogens with zero attached hydrogens (tertiary/aromatic N) is 3. The minimum atomic E-state index is -4.84. The first-order valence-electron chi connectivity index (χ1n) is 8.73. The van der Waals surface area contributed by atoms with E-state index in [2.05, 4.69) is 15.1 Å². The van der Waals surface area contributed by atoms with Gasteiger partial charge in [0.2, 0.25) is 5.91 Å². The smallest absolute Gasteiger partial charge is 0.347 e. The number of amides is 4. The SMILES string of the molecule is CN(C)C(=O)C1CC(ONC(=O)C2CCC3CN2C(=O)N3OS(=O)(=O)O)CN1. The number of likely N-dealkylation sites (N-methyl/N-ethyl adjacent to an activating group) is 1. The number of rotatable bonds is 6. The fourth-order valence-corrected chi connectivity index (χ4v) is 3.99. The van der Waals surface area contributed by atoms with E-state index in [0.29, 0.717) is 24.4 Å². The van der Waals surface area contributed by atoms with Crippen molar-refractivity contribution in [1.82, 2.24) is 25.7 Å². The first-order chi connectivity index (χ1) is 13.1. The number of carbonyl (C=O) groups is 3. The summed E-state index contributed by atoms with van der Waals surface area (Å²) in [4.78, 5) is 44.7. The fraction of sp³-hybridized carbons (Fsp3) is 0.786. The van der Waals surface area contributed by atoms with Gasteiger partial charge in [0.05, 0.1) is 18.2 Å². The zero-order chi connectivity index (χ0) is 20.6. The number of urea groups is 1. The van der Waals surface area contributed by atoms with Gasteiger partial charge in [0, 0.05) is 33.6 Å². The molecule has 14 heteroatoms. The molecule has 0 spiro atoms. The number of hydrogen-bond donors (Lipinski definition) is 3. The lowest BCUT2D eigenvalue weighted by Gasteiger charge is -2.29. The second kappa shape index (κ2) is 7.79. The van der Waals surface area contributed by atoms with Crippen molar-refractivity contribution >= 4 is 28.2 Å². The molecule has 3 saturated heterocycles. The Labute approximate surface area is 161 Å². The third kappa shape index (κ3) is 4.35. The lowest BCUT2D eigenvalue weighted by Crippen LogP contribution is -2.50. The first-order valence-corrected chi connectivity index (χ1v) is 10.1. The second-order valence-electron chi connectivity index (χ2n) is 7.15. The molecule has 0 aliphatic carbocycles. The van der Waals surface area contributed by atoms with E-state index in [1.807, 2.05) is 0 Å². The van der Waals surface area contributed by atoms with Crippen molar-refractivity contribution in [2.75, 3.05) is 27.2 Å². The van der Waals surface area contributed by atoms with Gasteiger partial charge in [-0.2, -0.15) is 13.5 Å². The summed E-state index contributed by atoms with van der Waals surface area (Å²) < 4.78 is 34.9. The molecule has 3 aliphatic heterocycles. The van der Waals surface area contributed by atoms with Crippen LogP contribution in [0.4, 0.5) is 4.79 Å². The van der Waals surface area contributed by atoms with E-state index in [1.165, 1.54) is 9.80 Å². The Morgan fingerprint density at radius 2 is 2.04 bits per heavy atom. The number of hydroxylamine groups is 3. The van der Waals surface area contributed by atoms with Crippen LogP contribution in [0.15, 0.2) is 0 Å². The van der Waals surface area contributed by atoms with Crippen LogP contribution in [-0.2, 0) is 29.1 Å². The Kier molecular flexibility index (Phi) is 5.77. The van der Waals surface area contributed by atoms with Crippen molar-refractivity contribution in [3.63, 3.8) is 0 Å². The van der Waals surface area contributed by atoms with E-state index in [-0.39, 0.29) is 18.9 Å². The molecule has 4 atom stereocenters. The predicted molar refractivity (Wildman–Crippen MR) is 91.5 cm³/mol. The molecule has 28 heavy (non-hydrogen) atoms. The van der Waals surface area contributed by atoms with Gasteiger partial charge in [-0.1, -0.05) is 0 Å². The van der Waals surface area contributed by atoms with Crippen LogP contribution in [0, 0.1) is 0 Å². The van der Waals surface area contributed by atoms with Gasteiger partial charge >= 0.3 is 16.4 Å². The lowest BCUT2D eigenvalue weighted by atomic mass is 10.0. The second-order valence-corrected chi connectivity index (χ2v) is 8.15. The molecule has 13 nitrogen and oxygen atoms in total. The van der Waals surface area contributed by atoms with Crippen molar-refractivity contribution in [1.29, 1.82) is 0 Å². The number of carbonyl (C=O) groups excluding carboxylic acids is 3. The highest BCUT2D eigenvalue weighted by molar-refractivity contribution is 7.80. The maximum absolute atomic E-state index is 12.5. The Hall–Kier alpha value is -2.00. The monoisotopic (exact) mass is 421 g/mol. The summed E-state index contributed by atoms with van der Waals surface area (Å²) in [5.74, 6) is -0.639. The van der Waals surface area contributed by atoms with Crippen LogP contribution in [0.3, 0.4) is 0 Å². The maximum Gasteiger partial charge on any atom is 0.418 e. The van der Waals surface area contributed by atoms with Gasteiger partial charge in [-0.05, 0) is 12.8 Å². The van der Waals surface area contributed by atoms with Crippen LogP contribution < -0.4 is 10.8 Å². The fourth-order valence-electron chi connectivity index (χ4n) is 3.61. The summed E-state index contributed by atoms with van der Waals surface area (Å²) in [5, 5.41) is 3.59. The van der Waals surface area contributed by atoms with Crippen molar-refractivity contribution in [2.24, 2.45) is 0 Å². The molecule has 0 saturated carbocycles. The molecule has 0 aromatic carbocycles. The first kappa shape index (κ1) is 20.7. The van der Waals surface area contributed by atoms with E-state index in [9.17, 15) is 22.8 Å². The Morgan fingerprint density at radius 3 is 2.68 bits per heavy atom. The standard InChI is InChI=1S/C14H23N5O8S/c1-17(2)13(21)10-5-9(6-15-10)26-16-12(20)11-4-3-8-7-18(11)14(22)19(8)27-28(23,24)25/h8-11,15H,3-7H2,1-2H3,(H,16,20)(H,23,24,25). The zero-order valence-corrected chi connectivity index (χ0v) is 16.2. The van der Waals surface area contributed by atoms with E-state index in [0.717, 1.165) is 0 Å². The Bertz CT molecular complexity index is 759. The van der Waals surface area contributed by atoms with Crippen molar-refractivity contribution in [3.05, 3.63) is 0 Å². The molecule has 3 rings (SSSR count). The van der Waals surface area contributed by atoms with Gasteiger partial charge in [-0.3, -0.25) is 19.0 Å². The number of nitrogens with one attached hydrogen (secondary N) is 2. The van der Waals surface area contributed by atoms with Crippen LogP contribution in [0.2, 0.25) is 0 Å². The predicted octanol–water partition coefficient (Wildman–Crippen LogP) is -2.14. The minimum Gasteiger partial charge on any atom is -0.347 e. The molecule has 4 unspecified atom stereocenters. The van der Waals surface area contributed by atoms with Crippen LogP contribution in [0.1, 0.15) is 19.3 Å². The highest BCUT2D eigenvalue weighted by atomic mass is 32.3. The van der Waals surface area contributed by atoms with Crippen molar-refractivity contribution in [3.8, 4) is 0 Å². The van der Waals surface area contributed by atoms with Gasteiger partial charge in [0.15, 0.2) is 0 Å². The van der Waals surface area contributed by atoms with E-state index in [4.69, 9.17) is 9.39 Å². The quantitative estimate of drug-likeness (QED) is 0.321. The molecule has 0 aromatic heterocycles. The average Bonchev–Trinajstić information content (AvgIpc) is 3.18. The molecule has 3 heterocycles. The molecular weight excluding hydrogens is 398 g/mol. The molecule has 0 aromatic rings. The minimum absolute atomic E-state index is 0.0858. The summed E-state index contributed by atoms with van der Waals surface area (Å²) in [5.41, 5.74) is 2.32. The van der Waals surface area contributed by atoms with E-state index in [1.54, 1.807) is 14.1 Å². The molecule has 4 amide bonds. The maximum atomic E-state index is 12.5. The van der Waals surface area contributed by atoms with Crippen molar-refractivity contribution < 1.29 is 36.5 Å². The third-order valence-corrected chi connectivity index (χ3v) is 5.30. The van der Waals surface area contributed by atoms with Crippen LogP contribution >= 0.6 is 0 Å². The molecule has 158 valence electrons. The van der Waals surface area contributed by atoms with Gasteiger partial charge in [0.1, 0.15) is 6.04 Å². The van der Waals surface area contributed by atoms with Gasteiger partial charge < -0.3 is 15.1 Å². The van der Waals surface area contributed by atoms with E-state index >= 15 is 0 Å². The number of piperidine rings is 1. The molecule has 3 N–H and O–H groups in total. The highest BCUT2D eigenvalue weighted by Gasteiger charge is 2.49. The molecule has 3 aliphatic rings. The number of fused-ring (bicyclic) bond motifs is 2.